The van der Waals surface area contributed by atoms with E-state index in [0.29, 0.717) is 19.5 Å². The van der Waals surface area contributed by atoms with Gasteiger partial charge >= 0.3 is 0 Å². The van der Waals surface area contributed by atoms with Crippen LogP contribution in [0.1, 0.15) is 50.9 Å². The van der Waals surface area contributed by atoms with Crippen LogP contribution >= 0.6 is 0 Å². The van der Waals surface area contributed by atoms with E-state index in [1.165, 1.54) is 5.56 Å². The number of nitrogens with zero attached hydrogens (tertiary/aromatic N) is 4. The molecule has 1 fully saturated rings. The number of aryl methyl sites for hydroxylation is 2. The third-order valence-corrected chi connectivity index (χ3v) is 5.41. The van der Waals surface area contributed by atoms with Crippen LogP contribution in [-0.2, 0) is 21.5 Å². The lowest BCUT2D eigenvalue weighted by Crippen LogP contribution is -2.45. The summed E-state index contributed by atoms with van der Waals surface area (Å²) in [5.74, 6) is 0.745. The zero-order valence-electron chi connectivity index (χ0n) is 16.4. The number of rotatable bonds is 7. The van der Waals surface area contributed by atoms with Crippen LogP contribution in [0.3, 0.4) is 0 Å². The van der Waals surface area contributed by atoms with Crippen molar-refractivity contribution in [2.75, 3.05) is 13.2 Å². The van der Waals surface area contributed by atoms with E-state index in [9.17, 15) is 4.79 Å². The van der Waals surface area contributed by atoms with Crippen LogP contribution in [0.15, 0.2) is 30.3 Å². The van der Waals surface area contributed by atoms with Gasteiger partial charge in [0.1, 0.15) is 5.82 Å². The standard InChI is InChI=1S/C20H29N5O2/c1-16-22-23-24-25(16)13-9-18(26)21-12-10-20(17-7-5-4-6-8-17)11-14-27-19(2,3)15-20/h4-8H,9-15H2,1-3H3,(H,21,26). The molecule has 7 nitrogen and oxygen atoms in total. The van der Waals surface area contributed by atoms with Gasteiger partial charge in [0.15, 0.2) is 0 Å². The van der Waals surface area contributed by atoms with Gasteiger partial charge in [-0.3, -0.25) is 4.79 Å². The summed E-state index contributed by atoms with van der Waals surface area (Å²) in [4.78, 5) is 12.2. The van der Waals surface area contributed by atoms with E-state index in [-0.39, 0.29) is 16.9 Å². The predicted octanol–water partition coefficient (Wildman–Crippen LogP) is 2.40. The number of hydrogen-bond donors (Lipinski definition) is 1. The van der Waals surface area contributed by atoms with Gasteiger partial charge < -0.3 is 10.1 Å². The van der Waals surface area contributed by atoms with Gasteiger partial charge in [0.25, 0.3) is 0 Å². The minimum Gasteiger partial charge on any atom is -0.376 e. The van der Waals surface area contributed by atoms with Crippen LogP contribution in [0, 0.1) is 6.92 Å². The molecule has 1 N–H and O–H groups in total. The highest BCUT2D eigenvalue weighted by Gasteiger charge is 2.41. The van der Waals surface area contributed by atoms with E-state index < -0.39 is 0 Å². The number of carbonyl (C=O) groups is 1. The van der Waals surface area contributed by atoms with E-state index in [4.69, 9.17) is 4.74 Å². The van der Waals surface area contributed by atoms with Gasteiger partial charge in [-0.2, -0.15) is 0 Å². The molecular weight excluding hydrogens is 342 g/mol. The van der Waals surface area contributed by atoms with Crippen LogP contribution < -0.4 is 5.32 Å². The quantitative estimate of drug-likeness (QED) is 0.808. The fourth-order valence-corrected chi connectivity index (χ4v) is 4.07. The maximum absolute atomic E-state index is 12.2. The molecule has 146 valence electrons. The molecular formula is C20H29N5O2. The maximum atomic E-state index is 12.2. The molecule has 2 heterocycles. The summed E-state index contributed by atoms with van der Waals surface area (Å²) in [5, 5.41) is 14.4. The Labute approximate surface area is 160 Å². The monoisotopic (exact) mass is 371 g/mol. The highest BCUT2D eigenvalue weighted by Crippen LogP contribution is 2.43. The van der Waals surface area contributed by atoms with Crippen LogP contribution in [0.25, 0.3) is 0 Å². The molecule has 1 unspecified atom stereocenters. The van der Waals surface area contributed by atoms with Crippen molar-refractivity contribution in [2.24, 2.45) is 0 Å². The molecule has 2 aromatic rings. The molecule has 1 saturated heterocycles. The average molecular weight is 371 g/mol. The van der Waals surface area contributed by atoms with Gasteiger partial charge in [0.05, 0.1) is 12.1 Å². The number of hydrogen-bond acceptors (Lipinski definition) is 5. The molecule has 0 aliphatic carbocycles. The van der Waals surface area contributed by atoms with Crippen LogP contribution in [0.4, 0.5) is 0 Å². The molecule has 1 aromatic carbocycles. The Hall–Kier alpha value is -2.28. The fourth-order valence-electron chi connectivity index (χ4n) is 4.07. The normalized spacial score (nSPS) is 21.7. The molecule has 0 radical (unpaired) electrons. The van der Waals surface area contributed by atoms with Gasteiger partial charge in [-0.25, -0.2) is 4.68 Å². The van der Waals surface area contributed by atoms with Crippen molar-refractivity contribution >= 4 is 5.91 Å². The molecule has 27 heavy (non-hydrogen) atoms. The molecule has 3 rings (SSSR count). The first-order valence-electron chi connectivity index (χ1n) is 9.59. The van der Waals surface area contributed by atoms with E-state index >= 15 is 0 Å². The second-order valence-corrected chi connectivity index (χ2v) is 7.98. The van der Waals surface area contributed by atoms with Crippen LogP contribution in [0.2, 0.25) is 0 Å². The molecule has 1 atom stereocenters. The van der Waals surface area contributed by atoms with E-state index in [0.717, 1.165) is 31.7 Å². The van der Waals surface area contributed by atoms with Gasteiger partial charge in [-0.15, -0.1) is 5.10 Å². The summed E-state index contributed by atoms with van der Waals surface area (Å²) in [5.41, 5.74) is 1.21. The van der Waals surface area contributed by atoms with Crippen LogP contribution in [0.5, 0.6) is 0 Å². The van der Waals surface area contributed by atoms with Crippen molar-refractivity contribution in [3.63, 3.8) is 0 Å². The minimum absolute atomic E-state index is 0.0273. The largest absolute Gasteiger partial charge is 0.376 e. The Morgan fingerprint density at radius 3 is 2.74 bits per heavy atom. The minimum atomic E-state index is -0.157. The lowest BCUT2D eigenvalue weighted by molar-refractivity contribution is -0.121. The van der Waals surface area contributed by atoms with Crippen molar-refractivity contribution in [2.45, 2.75) is 64.0 Å². The van der Waals surface area contributed by atoms with E-state index in [1.807, 2.05) is 13.0 Å². The molecule has 0 saturated carbocycles. The third-order valence-electron chi connectivity index (χ3n) is 5.41. The van der Waals surface area contributed by atoms with Crippen molar-refractivity contribution in [3.05, 3.63) is 41.7 Å². The molecule has 1 aliphatic heterocycles. The molecule has 1 aromatic heterocycles. The molecule has 0 bridgehead atoms. The Kier molecular flexibility index (Phi) is 5.89. The second-order valence-electron chi connectivity index (χ2n) is 7.98. The summed E-state index contributed by atoms with van der Waals surface area (Å²) in [6.45, 7) is 8.02. The smallest absolute Gasteiger partial charge is 0.221 e. The van der Waals surface area contributed by atoms with Gasteiger partial charge in [-0.1, -0.05) is 30.3 Å². The predicted molar refractivity (Wildman–Crippen MR) is 102 cm³/mol. The zero-order chi connectivity index (χ0) is 19.3. The molecule has 7 heteroatoms. The number of nitrogens with one attached hydrogen (secondary N) is 1. The van der Waals surface area contributed by atoms with Crippen LogP contribution in [-0.4, -0.2) is 44.9 Å². The third kappa shape index (κ3) is 4.91. The lowest BCUT2D eigenvalue weighted by Gasteiger charge is -2.45. The molecule has 1 amide bonds. The first-order chi connectivity index (χ1) is 12.9. The first-order valence-corrected chi connectivity index (χ1v) is 9.59. The van der Waals surface area contributed by atoms with E-state index in [2.05, 4.69) is 59.0 Å². The summed E-state index contributed by atoms with van der Waals surface area (Å²) in [6.07, 6.45) is 3.20. The maximum Gasteiger partial charge on any atom is 0.221 e. The Morgan fingerprint density at radius 1 is 1.30 bits per heavy atom. The molecule has 0 spiro atoms. The molecule has 1 aliphatic rings. The highest BCUT2D eigenvalue weighted by atomic mass is 16.5. The summed E-state index contributed by atoms with van der Waals surface area (Å²) in [7, 11) is 0. The zero-order valence-corrected chi connectivity index (χ0v) is 16.4. The number of ether oxygens (including phenoxy) is 1. The lowest BCUT2D eigenvalue weighted by atomic mass is 9.67. The number of carbonyl (C=O) groups excluding carboxylic acids is 1. The summed E-state index contributed by atoms with van der Waals surface area (Å²) in [6, 6.07) is 10.6. The Balaban J connectivity index is 1.58. The van der Waals surface area contributed by atoms with Crippen molar-refractivity contribution in [1.29, 1.82) is 0 Å². The highest BCUT2D eigenvalue weighted by molar-refractivity contribution is 5.75. The van der Waals surface area contributed by atoms with Gasteiger partial charge in [-0.05, 0) is 56.0 Å². The van der Waals surface area contributed by atoms with Gasteiger partial charge in [0, 0.05) is 25.0 Å². The summed E-state index contributed by atoms with van der Waals surface area (Å²) < 4.78 is 7.60. The topological polar surface area (TPSA) is 81.9 Å². The number of benzene rings is 1. The fraction of sp³-hybridized carbons (Fsp3) is 0.600. The van der Waals surface area contributed by atoms with E-state index in [1.54, 1.807) is 4.68 Å². The number of aromatic nitrogens is 4. The van der Waals surface area contributed by atoms with Crippen molar-refractivity contribution < 1.29 is 9.53 Å². The Morgan fingerprint density at radius 2 is 2.07 bits per heavy atom. The summed E-state index contributed by atoms with van der Waals surface area (Å²) >= 11 is 0. The number of tetrazole rings is 1. The van der Waals surface area contributed by atoms with Crippen molar-refractivity contribution in [3.8, 4) is 0 Å². The SMILES string of the molecule is Cc1nnnn1CCC(=O)NCCC1(c2ccccc2)CCOC(C)(C)C1. The second kappa shape index (κ2) is 8.17. The van der Waals surface area contributed by atoms with Crippen molar-refractivity contribution in [1.82, 2.24) is 25.5 Å². The average Bonchev–Trinajstić information content (AvgIpc) is 3.05. The Bertz CT molecular complexity index is 759. The number of amides is 1. The van der Waals surface area contributed by atoms with Gasteiger partial charge in [0.2, 0.25) is 5.91 Å². The first kappa shape index (κ1) is 19.5.